The summed E-state index contributed by atoms with van der Waals surface area (Å²) in [6, 6.07) is 32.1. The molecule has 0 fully saturated rings. The van der Waals surface area contributed by atoms with Gasteiger partial charge in [0.05, 0.1) is 11.2 Å². The lowest BCUT2D eigenvalue weighted by atomic mass is 10.1. The Balaban J connectivity index is 1.56. The number of para-hydroxylation sites is 2. The van der Waals surface area contributed by atoms with E-state index in [0.717, 1.165) is 56.5 Å². The van der Waals surface area contributed by atoms with Gasteiger partial charge in [0.1, 0.15) is 0 Å². The Morgan fingerprint density at radius 1 is 0.676 bits per heavy atom. The predicted octanol–water partition coefficient (Wildman–Crippen LogP) is 8.81. The highest BCUT2D eigenvalue weighted by atomic mass is 35.5. The monoisotopic (exact) mass is 520 g/mol. The average molecular weight is 521 g/mol. The molecule has 6 aromatic rings. The van der Waals surface area contributed by atoms with Gasteiger partial charge in [-0.05, 0) is 53.6 Å². The third kappa shape index (κ3) is 4.48. The van der Waals surface area contributed by atoms with E-state index < -0.39 is 0 Å². The third-order valence-corrected chi connectivity index (χ3v) is 7.15. The lowest BCUT2D eigenvalue weighted by Gasteiger charge is -2.12. The maximum Gasteiger partial charge on any atom is 0.152 e. The van der Waals surface area contributed by atoms with E-state index in [1.54, 1.807) is 0 Å². The number of hydrogen-bond acceptors (Lipinski definition) is 1. The molecule has 0 saturated carbocycles. The van der Waals surface area contributed by atoms with Crippen LogP contribution in [-0.4, -0.2) is 15.4 Å². The molecule has 180 valence electrons. The van der Waals surface area contributed by atoms with E-state index >= 15 is 0 Å². The van der Waals surface area contributed by atoms with Crippen LogP contribution in [0.25, 0.3) is 33.6 Å². The van der Waals surface area contributed by atoms with E-state index in [-0.39, 0.29) is 0 Å². The molecule has 2 heterocycles. The van der Waals surface area contributed by atoms with Crippen LogP contribution in [0.5, 0.6) is 0 Å². The summed E-state index contributed by atoms with van der Waals surface area (Å²) in [6.45, 7) is 0.726. The van der Waals surface area contributed by atoms with E-state index in [1.807, 2.05) is 66.9 Å². The normalized spacial score (nSPS) is 11.9. The van der Waals surface area contributed by atoms with Crippen molar-refractivity contribution in [2.45, 2.75) is 6.54 Å². The molecule has 0 bridgehead atoms. The zero-order valence-electron chi connectivity index (χ0n) is 19.8. The van der Waals surface area contributed by atoms with Gasteiger partial charge in [0.15, 0.2) is 6.29 Å². The molecule has 0 amide bonds. The molecule has 0 saturated heterocycles. The summed E-state index contributed by atoms with van der Waals surface area (Å²) in [6.07, 6.45) is 7.19. The second-order valence-corrected chi connectivity index (χ2v) is 9.85. The quantitative estimate of drug-likeness (QED) is 0.201. The summed E-state index contributed by atoms with van der Waals surface area (Å²) in [5.41, 5.74) is 6.97. The fraction of sp³-hybridized carbons (Fsp3) is 0.0312. The first kappa shape index (κ1) is 23.4. The van der Waals surface area contributed by atoms with Gasteiger partial charge in [0, 0.05) is 56.4 Å². The number of carbonyl (C=O) groups is 1. The molecule has 0 radical (unpaired) electrons. The smallest absolute Gasteiger partial charge is 0.152 e. The van der Waals surface area contributed by atoms with E-state index in [4.69, 9.17) is 23.2 Å². The molecule has 3 nitrogen and oxygen atoms in total. The van der Waals surface area contributed by atoms with Crippen LogP contribution in [0.1, 0.15) is 27.0 Å². The highest BCUT2D eigenvalue weighted by Gasteiger charge is 2.15. The zero-order valence-corrected chi connectivity index (χ0v) is 21.3. The standard InChI is InChI=1S/C32H22Cl2N2O/c33-26-13-9-22(10-14-26)18-35-19-24(28-5-1-3-7-30(28)35)17-32(23-11-15-27(34)16-12-23)36-20-25(21-37)29-6-2-4-8-31(29)36/h1-17,19-21H,18H2/b32-17+. The highest BCUT2D eigenvalue weighted by molar-refractivity contribution is 6.30. The summed E-state index contributed by atoms with van der Waals surface area (Å²) in [7, 11) is 0. The molecule has 0 aliphatic rings. The van der Waals surface area contributed by atoms with Crippen molar-refractivity contribution in [2.24, 2.45) is 0 Å². The number of nitrogens with zero attached hydrogens (tertiary/aromatic N) is 2. The molecule has 0 aliphatic heterocycles. The Bertz CT molecular complexity index is 1770. The number of aromatic nitrogens is 2. The van der Waals surface area contributed by atoms with Gasteiger partial charge in [-0.25, -0.2) is 0 Å². The molecule has 2 aromatic heterocycles. The fourth-order valence-electron chi connectivity index (χ4n) is 4.87. The molecule has 0 atom stereocenters. The third-order valence-electron chi connectivity index (χ3n) is 6.65. The molecule has 4 aromatic carbocycles. The van der Waals surface area contributed by atoms with Gasteiger partial charge in [-0.3, -0.25) is 4.79 Å². The Hall–Kier alpha value is -4.05. The lowest BCUT2D eigenvalue weighted by Crippen LogP contribution is -1.98. The van der Waals surface area contributed by atoms with Crippen LogP contribution in [0.2, 0.25) is 10.0 Å². The molecule has 37 heavy (non-hydrogen) atoms. The summed E-state index contributed by atoms with van der Waals surface area (Å²) in [5, 5.41) is 3.47. The van der Waals surface area contributed by atoms with E-state index in [9.17, 15) is 4.79 Å². The molecule has 0 aliphatic carbocycles. The highest BCUT2D eigenvalue weighted by Crippen LogP contribution is 2.32. The summed E-state index contributed by atoms with van der Waals surface area (Å²) in [5.74, 6) is 0. The molecular weight excluding hydrogens is 499 g/mol. The summed E-state index contributed by atoms with van der Waals surface area (Å²) in [4.78, 5) is 11.9. The summed E-state index contributed by atoms with van der Waals surface area (Å²) >= 11 is 12.3. The van der Waals surface area contributed by atoms with Crippen LogP contribution in [0.3, 0.4) is 0 Å². The van der Waals surface area contributed by atoms with Crippen LogP contribution in [0, 0.1) is 0 Å². The van der Waals surface area contributed by atoms with Crippen LogP contribution in [-0.2, 0) is 6.54 Å². The summed E-state index contributed by atoms with van der Waals surface area (Å²) < 4.78 is 4.35. The van der Waals surface area contributed by atoms with Gasteiger partial charge in [-0.2, -0.15) is 0 Å². The maximum absolute atomic E-state index is 11.9. The van der Waals surface area contributed by atoms with Crippen molar-refractivity contribution < 1.29 is 4.79 Å². The SMILES string of the molecule is O=Cc1cn(/C(=C/c2cn(Cc3ccc(Cl)cc3)c3ccccc23)c2ccc(Cl)cc2)c2ccccc12. The lowest BCUT2D eigenvalue weighted by molar-refractivity contribution is 0.112. The molecule has 6 rings (SSSR count). The van der Waals surface area contributed by atoms with Gasteiger partial charge in [0.25, 0.3) is 0 Å². The van der Waals surface area contributed by atoms with E-state index in [2.05, 4.69) is 57.8 Å². The second kappa shape index (κ2) is 9.78. The van der Waals surface area contributed by atoms with Gasteiger partial charge in [-0.1, -0.05) is 83.9 Å². The van der Waals surface area contributed by atoms with Gasteiger partial charge < -0.3 is 9.13 Å². The van der Waals surface area contributed by atoms with Crippen molar-refractivity contribution in [3.63, 3.8) is 0 Å². The molecule has 5 heteroatoms. The van der Waals surface area contributed by atoms with E-state index in [0.29, 0.717) is 10.6 Å². The predicted molar refractivity (Wildman–Crippen MR) is 155 cm³/mol. The largest absolute Gasteiger partial charge is 0.342 e. The number of rotatable bonds is 6. The molecule has 0 N–H and O–H groups in total. The first-order chi connectivity index (χ1) is 18.1. The van der Waals surface area contributed by atoms with Gasteiger partial charge >= 0.3 is 0 Å². The van der Waals surface area contributed by atoms with E-state index in [1.165, 1.54) is 5.56 Å². The molecule has 0 unspecified atom stereocenters. The number of fused-ring (bicyclic) bond motifs is 2. The maximum atomic E-state index is 11.9. The van der Waals surface area contributed by atoms with Crippen LogP contribution in [0.4, 0.5) is 0 Å². The first-order valence-corrected chi connectivity index (χ1v) is 12.7. The zero-order chi connectivity index (χ0) is 25.4. The first-order valence-electron chi connectivity index (χ1n) is 12.0. The van der Waals surface area contributed by atoms with Crippen molar-refractivity contribution in [1.29, 1.82) is 0 Å². The van der Waals surface area contributed by atoms with Crippen molar-refractivity contribution in [2.75, 3.05) is 0 Å². The molecular formula is C32H22Cl2N2O. The van der Waals surface area contributed by atoms with Crippen molar-refractivity contribution in [1.82, 2.24) is 9.13 Å². The number of aldehydes is 1. The average Bonchev–Trinajstić information content (AvgIpc) is 3.47. The van der Waals surface area contributed by atoms with Crippen LogP contribution >= 0.6 is 23.2 Å². The number of carbonyl (C=O) groups excluding carboxylic acids is 1. The number of hydrogen-bond donors (Lipinski definition) is 0. The minimum Gasteiger partial charge on any atom is -0.342 e. The molecule has 0 spiro atoms. The number of benzene rings is 4. The van der Waals surface area contributed by atoms with Crippen molar-refractivity contribution in [3.8, 4) is 0 Å². The second-order valence-electron chi connectivity index (χ2n) is 8.98. The minimum atomic E-state index is 0.653. The van der Waals surface area contributed by atoms with Crippen molar-refractivity contribution >= 4 is 63.1 Å². The fourth-order valence-corrected chi connectivity index (χ4v) is 5.12. The van der Waals surface area contributed by atoms with Gasteiger partial charge in [0.2, 0.25) is 0 Å². The van der Waals surface area contributed by atoms with Gasteiger partial charge in [-0.15, -0.1) is 0 Å². The Labute approximate surface area is 224 Å². The Morgan fingerprint density at radius 3 is 1.95 bits per heavy atom. The number of halogens is 2. The van der Waals surface area contributed by atoms with Crippen molar-refractivity contribution in [3.05, 3.63) is 142 Å². The topological polar surface area (TPSA) is 26.9 Å². The Morgan fingerprint density at radius 2 is 1.27 bits per heavy atom. The van der Waals surface area contributed by atoms with Crippen LogP contribution in [0.15, 0.2) is 109 Å². The minimum absolute atomic E-state index is 0.653. The Kier molecular flexibility index (Phi) is 6.17. The van der Waals surface area contributed by atoms with Crippen LogP contribution < -0.4 is 0 Å².